The molecule has 1 aromatic carbocycles. The molecule has 2 rings (SSSR count). The SMILES string of the molecule is C[C@@H](NC(=O)C1(c2ccc(Br)cc2)CCC1)C(=O)O. The minimum Gasteiger partial charge on any atom is -0.480 e. The number of halogens is 1. The summed E-state index contributed by atoms with van der Waals surface area (Å²) in [6, 6.07) is 6.80. The van der Waals surface area contributed by atoms with E-state index in [1.807, 2.05) is 24.3 Å². The maximum atomic E-state index is 12.4. The highest BCUT2D eigenvalue weighted by Crippen LogP contribution is 2.44. The molecule has 0 radical (unpaired) electrons. The molecular formula is C14H16BrNO3. The Morgan fingerprint density at radius 2 is 1.89 bits per heavy atom. The summed E-state index contributed by atoms with van der Waals surface area (Å²) in [5.41, 5.74) is 0.404. The summed E-state index contributed by atoms with van der Waals surface area (Å²) < 4.78 is 0.963. The van der Waals surface area contributed by atoms with Crippen LogP contribution in [0.2, 0.25) is 0 Å². The Bertz CT molecular complexity index is 494. The quantitative estimate of drug-likeness (QED) is 0.893. The van der Waals surface area contributed by atoms with Crippen molar-refractivity contribution in [2.45, 2.75) is 37.6 Å². The van der Waals surface area contributed by atoms with Crippen molar-refractivity contribution in [1.29, 1.82) is 0 Å². The fourth-order valence-electron chi connectivity index (χ4n) is 2.34. The van der Waals surface area contributed by atoms with E-state index >= 15 is 0 Å². The van der Waals surface area contributed by atoms with Crippen LogP contribution in [0.3, 0.4) is 0 Å². The van der Waals surface area contributed by atoms with Gasteiger partial charge in [0.25, 0.3) is 0 Å². The molecular weight excluding hydrogens is 310 g/mol. The van der Waals surface area contributed by atoms with Crippen molar-refractivity contribution >= 4 is 27.8 Å². The number of nitrogens with one attached hydrogen (secondary N) is 1. The van der Waals surface area contributed by atoms with Gasteiger partial charge in [0.2, 0.25) is 5.91 Å². The molecule has 0 saturated heterocycles. The van der Waals surface area contributed by atoms with Crippen LogP contribution in [-0.4, -0.2) is 23.0 Å². The van der Waals surface area contributed by atoms with Crippen molar-refractivity contribution in [3.8, 4) is 0 Å². The maximum Gasteiger partial charge on any atom is 0.325 e. The number of carbonyl (C=O) groups excluding carboxylic acids is 1. The van der Waals surface area contributed by atoms with Crippen LogP contribution in [0.15, 0.2) is 28.7 Å². The van der Waals surface area contributed by atoms with Crippen LogP contribution >= 0.6 is 15.9 Å². The van der Waals surface area contributed by atoms with Crippen LogP contribution in [0.5, 0.6) is 0 Å². The number of hydrogen-bond acceptors (Lipinski definition) is 2. The number of carbonyl (C=O) groups is 2. The molecule has 19 heavy (non-hydrogen) atoms. The van der Waals surface area contributed by atoms with Crippen LogP contribution < -0.4 is 5.32 Å². The minimum atomic E-state index is -1.02. The third-order valence-electron chi connectivity index (χ3n) is 3.76. The third-order valence-corrected chi connectivity index (χ3v) is 4.29. The summed E-state index contributed by atoms with van der Waals surface area (Å²) in [6.07, 6.45) is 2.53. The Morgan fingerprint density at radius 3 is 2.32 bits per heavy atom. The van der Waals surface area contributed by atoms with Crippen LogP contribution in [0.1, 0.15) is 31.7 Å². The van der Waals surface area contributed by atoms with E-state index in [9.17, 15) is 9.59 Å². The first-order chi connectivity index (χ1) is 8.95. The molecule has 1 aromatic rings. The first-order valence-electron chi connectivity index (χ1n) is 6.25. The number of rotatable bonds is 4. The highest BCUT2D eigenvalue weighted by molar-refractivity contribution is 9.10. The fourth-order valence-corrected chi connectivity index (χ4v) is 2.61. The van der Waals surface area contributed by atoms with Crippen molar-refractivity contribution in [2.24, 2.45) is 0 Å². The van der Waals surface area contributed by atoms with E-state index in [4.69, 9.17) is 5.11 Å². The van der Waals surface area contributed by atoms with Crippen molar-refractivity contribution in [1.82, 2.24) is 5.32 Å². The lowest BCUT2D eigenvalue weighted by Crippen LogP contribution is -2.53. The average molecular weight is 326 g/mol. The van der Waals surface area contributed by atoms with E-state index in [0.717, 1.165) is 29.3 Å². The van der Waals surface area contributed by atoms with E-state index in [0.29, 0.717) is 0 Å². The Hall–Kier alpha value is -1.36. The lowest BCUT2D eigenvalue weighted by molar-refractivity contribution is -0.143. The van der Waals surface area contributed by atoms with Gasteiger partial charge in [-0.15, -0.1) is 0 Å². The largest absolute Gasteiger partial charge is 0.480 e. The summed E-state index contributed by atoms with van der Waals surface area (Å²) in [7, 11) is 0. The monoisotopic (exact) mass is 325 g/mol. The molecule has 1 aliphatic rings. The smallest absolute Gasteiger partial charge is 0.325 e. The Morgan fingerprint density at radius 1 is 1.32 bits per heavy atom. The number of carboxylic acids is 1. The molecule has 102 valence electrons. The highest BCUT2D eigenvalue weighted by atomic mass is 79.9. The number of amides is 1. The van der Waals surface area contributed by atoms with Gasteiger partial charge in [-0.05, 0) is 37.5 Å². The van der Waals surface area contributed by atoms with Crippen molar-refractivity contribution < 1.29 is 14.7 Å². The van der Waals surface area contributed by atoms with Gasteiger partial charge in [0.15, 0.2) is 0 Å². The third kappa shape index (κ3) is 2.66. The average Bonchev–Trinajstić information content (AvgIpc) is 2.30. The standard InChI is InChI=1S/C14H16BrNO3/c1-9(12(17)18)16-13(19)14(7-2-8-14)10-3-5-11(15)6-4-10/h3-6,9H,2,7-8H2,1H3,(H,16,19)(H,17,18)/t9-/m1/s1. The summed E-state index contributed by atoms with van der Waals surface area (Å²) in [5, 5.41) is 11.5. The Kier molecular flexibility index (Phi) is 3.94. The Balaban J connectivity index is 2.20. The second kappa shape index (κ2) is 5.33. The van der Waals surface area contributed by atoms with Gasteiger partial charge in [-0.3, -0.25) is 9.59 Å². The van der Waals surface area contributed by atoms with Gasteiger partial charge in [0, 0.05) is 4.47 Å². The molecule has 1 atom stereocenters. The zero-order valence-electron chi connectivity index (χ0n) is 10.6. The van der Waals surface area contributed by atoms with Crippen molar-refractivity contribution in [3.63, 3.8) is 0 Å². The fraction of sp³-hybridized carbons (Fsp3) is 0.429. The van der Waals surface area contributed by atoms with Gasteiger partial charge < -0.3 is 10.4 Å². The number of aliphatic carboxylic acids is 1. The molecule has 4 nitrogen and oxygen atoms in total. The maximum absolute atomic E-state index is 12.4. The van der Waals surface area contributed by atoms with Crippen molar-refractivity contribution in [2.75, 3.05) is 0 Å². The number of carboxylic acid groups (broad SMARTS) is 1. The van der Waals surface area contributed by atoms with E-state index < -0.39 is 17.4 Å². The predicted octanol–water partition coefficient (Wildman–Crippen LogP) is 2.46. The molecule has 0 unspecified atom stereocenters. The normalized spacial score (nSPS) is 18.2. The van der Waals surface area contributed by atoms with Crippen molar-refractivity contribution in [3.05, 3.63) is 34.3 Å². The Labute approximate surface area is 120 Å². The summed E-state index contributed by atoms with van der Waals surface area (Å²) in [4.78, 5) is 23.2. The zero-order valence-corrected chi connectivity index (χ0v) is 12.2. The first kappa shape index (κ1) is 14.1. The topological polar surface area (TPSA) is 66.4 Å². The van der Waals surface area contributed by atoms with Crippen LogP contribution in [0.25, 0.3) is 0 Å². The second-order valence-electron chi connectivity index (χ2n) is 4.98. The molecule has 0 aromatic heterocycles. The van der Waals surface area contributed by atoms with E-state index in [2.05, 4.69) is 21.2 Å². The second-order valence-corrected chi connectivity index (χ2v) is 5.89. The van der Waals surface area contributed by atoms with Gasteiger partial charge >= 0.3 is 5.97 Å². The predicted molar refractivity (Wildman–Crippen MR) is 74.9 cm³/mol. The molecule has 0 bridgehead atoms. The molecule has 5 heteroatoms. The van der Waals surface area contributed by atoms with Gasteiger partial charge in [0.05, 0.1) is 5.41 Å². The number of hydrogen-bond donors (Lipinski definition) is 2. The lowest BCUT2D eigenvalue weighted by atomic mass is 9.63. The summed E-state index contributed by atoms with van der Waals surface area (Å²) >= 11 is 3.37. The minimum absolute atomic E-state index is 0.184. The highest BCUT2D eigenvalue weighted by Gasteiger charge is 2.46. The van der Waals surface area contributed by atoms with E-state index in [1.165, 1.54) is 6.92 Å². The van der Waals surface area contributed by atoms with Gasteiger partial charge in [-0.2, -0.15) is 0 Å². The summed E-state index contributed by atoms with van der Waals surface area (Å²) in [5.74, 6) is -1.20. The lowest BCUT2D eigenvalue weighted by Gasteiger charge is -2.41. The zero-order chi connectivity index (χ0) is 14.0. The van der Waals surface area contributed by atoms with Crippen LogP contribution in [-0.2, 0) is 15.0 Å². The first-order valence-corrected chi connectivity index (χ1v) is 7.05. The van der Waals surface area contributed by atoms with E-state index in [1.54, 1.807) is 0 Å². The molecule has 0 spiro atoms. The van der Waals surface area contributed by atoms with Gasteiger partial charge in [0.1, 0.15) is 6.04 Å². The van der Waals surface area contributed by atoms with E-state index in [-0.39, 0.29) is 5.91 Å². The van der Waals surface area contributed by atoms with Crippen LogP contribution in [0.4, 0.5) is 0 Å². The number of benzene rings is 1. The molecule has 0 heterocycles. The summed E-state index contributed by atoms with van der Waals surface area (Å²) in [6.45, 7) is 1.48. The molecule has 2 N–H and O–H groups in total. The van der Waals surface area contributed by atoms with Gasteiger partial charge in [-0.1, -0.05) is 34.5 Å². The molecule has 1 aliphatic carbocycles. The molecule has 1 fully saturated rings. The molecule has 1 amide bonds. The molecule has 1 saturated carbocycles. The molecule has 0 aliphatic heterocycles. The van der Waals surface area contributed by atoms with Crippen LogP contribution in [0, 0.1) is 0 Å². The van der Waals surface area contributed by atoms with Gasteiger partial charge in [-0.25, -0.2) is 0 Å².